The Morgan fingerprint density at radius 2 is 1.14 bits per heavy atom. The van der Waals surface area contributed by atoms with Crippen LogP contribution in [0.25, 0.3) is 82.7 Å². The van der Waals surface area contributed by atoms with Gasteiger partial charge in [-0.05, 0) is 52.7 Å². The van der Waals surface area contributed by atoms with E-state index in [1.54, 1.807) is 0 Å². The molecule has 0 bridgehead atoms. The Morgan fingerprint density at radius 3 is 2.00 bits per heavy atom. The highest BCUT2D eigenvalue weighted by molar-refractivity contribution is 6.14. The number of nitrogens with zero attached hydrogens (tertiary/aromatic N) is 4. The van der Waals surface area contributed by atoms with Gasteiger partial charge in [-0.1, -0.05) is 103 Å². The molecule has 4 heteroatoms. The average Bonchev–Trinajstić information content (AvgIpc) is 3.39. The molecule has 3 heterocycles. The molecule has 0 aliphatic rings. The molecule has 0 atom stereocenters. The van der Waals surface area contributed by atoms with E-state index in [2.05, 4.69) is 119 Å². The molecule has 0 amide bonds. The van der Waals surface area contributed by atoms with Gasteiger partial charge in [-0.2, -0.15) is 0 Å². The Bertz CT molecular complexity index is 2500. The lowest BCUT2D eigenvalue weighted by Gasteiger charge is -2.14. The molecule has 3 aromatic heterocycles. The van der Waals surface area contributed by atoms with Gasteiger partial charge in [-0.25, -0.2) is 9.97 Å². The van der Waals surface area contributed by atoms with E-state index in [1.807, 2.05) is 36.5 Å². The van der Waals surface area contributed by atoms with Crippen LogP contribution in [0.3, 0.4) is 0 Å². The van der Waals surface area contributed by atoms with Crippen molar-refractivity contribution in [3.8, 4) is 28.2 Å². The number of hydrogen-bond donors (Lipinski definition) is 0. The SMILES string of the molecule is c1ccc2cc3c(cc2c1)c1ccccc1n3-c1nc2ccccc2nc1-c1ccc(-c2cccc3cccnc23)cc1. The Labute approximate surface area is 247 Å². The summed E-state index contributed by atoms with van der Waals surface area (Å²) in [5, 5.41) is 5.95. The lowest BCUT2D eigenvalue weighted by Crippen LogP contribution is -2.03. The van der Waals surface area contributed by atoms with Crippen LogP contribution in [-0.4, -0.2) is 19.5 Å². The summed E-state index contributed by atoms with van der Waals surface area (Å²) in [6, 6.07) is 48.8. The van der Waals surface area contributed by atoms with E-state index >= 15 is 0 Å². The Kier molecular flexibility index (Phi) is 5.16. The molecule has 0 radical (unpaired) electrons. The fourth-order valence-corrected chi connectivity index (χ4v) is 6.37. The second-order valence-corrected chi connectivity index (χ2v) is 10.9. The summed E-state index contributed by atoms with van der Waals surface area (Å²) in [7, 11) is 0. The third-order valence-electron chi connectivity index (χ3n) is 8.41. The van der Waals surface area contributed by atoms with Crippen molar-refractivity contribution >= 4 is 54.5 Å². The Hall–Kier alpha value is -5.87. The van der Waals surface area contributed by atoms with Gasteiger partial charge in [0.1, 0.15) is 5.69 Å². The zero-order chi connectivity index (χ0) is 28.3. The summed E-state index contributed by atoms with van der Waals surface area (Å²) in [6.07, 6.45) is 1.85. The zero-order valence-corrected chi connectivity index (χ0v) is 23.1. The van der Waals surface area contributed by atoms with Gasteiger partial charge in [0.25, 0.3) is 0 Å². The molecule has 0 N–H and O–H groups in total. The Balaban J connectivity index is 1.31. The van der Waals surface area contributed by atoms with Gasteiger partial charge < -0.3 is 0 Å². The van der Waals surface area contributed by atoms with E-state index in [1.165, 1.54) is 21.5 Å². The fourth-order valence-electron chi connectivity index (χ4n) is 6.37. The maximum absolute atomic E-state index is 5.29. The quantitative estimate of drug-likeness (QED) is 0.221. The van der Waals surface area contributed by atoms with Crippen LogP contribution in [0.5, 0.6) is 0 Å². The van der Waals surface area contributed by atoms with Gasteiger partial charge >= 0.3 is 0 Å². The predicted molar refractivity (Wildman–Crippen MR) is 178 cm³/mol. The van der Waals surface area contributed by atoms with Crippen molar-refractivity contribution in [2.45, 2.75) is 0 Å². The molecular formula is C39H24N4. The van der Waals surface area contributed by atoms with Crippen LogP contribution in [0.4, 0.5) is 0 Å². The van der Waals surface area contributed by atoms with Crippen LogP contribution in [0.1, 0.15) is 0 Å². The molecule has 0 unspecified atom stereocenters. The van der Waals surface area contributed by atoms with Crippen molar-refractivity contribution in [2.75, 3.05) is 0 Å². The van der Waals surface area contributed by atoms with Gasteiger partial charge in [-0.3, -0.25) is 9.55 Å². The van der Waals surface area contributed by atoms with Crippen molar-refractivity contribution in [3.63, 3.8) is 0 Å². The van der Waals surface area contributed by atoms with E-state index in [-0.39, 0.29) is 0 Å². The molecular weight excluding hydrogens is 524 g/mol. The number of aromatic nitrogens is 4. The first-order valence-electron chi connectivity index (χ1n) is 14.5. The van der Waals surface area contributed by atoms with Crippen molar-refractivity contribution in [1.29, 1.82) is 0 Å². The second-order valence-electron chi connectivity index (χ2n) is 10.9. The molecule has 0 saturated heterocycles. The number of hydrogen-bond acceptors (Lipinski definition) is 3. The zero-order valence-electron chi connectivity index (χ0n) is 23.1. The van der Waals surface area contributed by atoms with Crippen LogP contribution in [0.2, 0.25) is 0 Å². The summed E-state index contributed by atoms with van der Waals surface area (Å²) in [6.45, 7) is 0. The largest absolute Gasteiger partial charge is 0.292 e. The molecule has 0 spiro atoms. The number of pyridine rings is 1. The standard InChI is InChI=1S/C39H24N4/c1-2-10-29-24-36-32(23-28(29)9-1)31-13-3-6-17-35(31)43(36)39-38(41-33-15-4-5-16-34(33)42-39)27-20-18-25(19-21-27)30-14-7-11-26-12-8-22-40-37(26)30/h1-24H. The van der Waals surface area contributed by atoms with Crippen LogP contribution in [0.15, 0.2) is 146 Å². The van der Waals surface area contributed by atoms with Crippen molar-refractivity contribution in [1.82, 2.24) is 19.5 Å². The third kappa shape index (κ3) is 3.74. The lowest BCUT2D eigenvalue weighted by molar-refractivity contribution is 1.08. The van der Waals surface area contributed by atoms with Crippen LogP contribution >= 0.6 is 0 Å². The topological polar surface area (TPSA) is 43.6 Å². The minimum absolute atomic E-state index is 0.819. The molecule has 200 valence electrons. The maximum Gasteiger partial charge on any atom is 0.165 e. The van der Waals surface area contributed by atoms with Crippen molar-refractivity contribution < 1.29 is 0 Å². The smallest absolute Gasteiger partial charge is 0.165 e. The molecule has 9 aromatic rings. The molecule has 0 saturated carbocycles. The lowest BCUT2D eigenvalue weighted by atomic mass is 10.00. The second kappa shape index (κ2) is 9.33. The third-order valence-corrected chi connectivity index (χ3v) is 8.41. The minimum atomic E-state index is 0.819. The molecule has 6 aromatic carbocycles. The molecule has 4 nitrogen and oxygen atoms in total. The number of para-hydroxylation sites is 4. The van der Waals surface area contributed by atoms with Crippen molar-refractivity contribution in [3.05, 3.63) is 146 Å². The van der Waals surface area contributed by atoms with Gasteiger partial charge in [0, 0.05) is 33.5 Å². The van der Waals surface area contributed by atoms with Gasteiger partial charge in [-0.15, -0.1) is 0 Å². The summed E-state index contributed by atoms with van der Waals surface area (Å²) in [5.74, 6) is 0.819. The predicted octanol–water partition coefficient (Wildman–Crippen LogP) is 9.76. The van der Waals surface area contributed by atoms with Crippen LogP contribution in [-0.2, 0) is 0 Å². The first-order valence-corrected chi connectivity index (χ1v) is 14.5. The first kappa shape index (κ1) is 23.8. The number of rotatable bonds is 3. The molecule has 0 fully saturated rings. The minimum Gasteiger partial charge on any atom is -0.292 e. The summed E-state index contributed by atoms with van der Waals surface area (Å²) >= 11 is 0. The molecule has 0 aliphatic carbocycles. The van der Waals surface area contributed by atoms with Crippen molar-refractivity contribution in [2.24, 2.45) is 0 Å². The molecule has 43 heavy (non-hydrogen) atoms. The molecule has 0 aliphatic heterocycles. The normalized spacial score (nSPS) is 11.7. The number of benzene rings is 6. The van der Waals surface area contributed by atoms with E-state index in [0.29, 0.717) is 0 Å². The van der Waals surface area contributed by atoms with Gasteiger partial charge in [0.05, 0.1) is 27.6 Å². The molecule has 9 rings (SSSR count). The van der Waals surface area contributed by atoms with E-state index in [9.17, 15) is 0 Å². The van der Waals surface area contributed by atoms with Crippen LogP contribution < -0.4 is 0 Å². The maximum atomic E-state index is 5.29. The highest BCUT2D eigenvalue weighted by atomic mass is 15.1. The highest BCUT2D eigenvalue weighted by Crippen LogP contribution is 2.38. The average molecular weight is 549 g/mol. The Morgan fingerprint density at radius 1 is 0.465 bits per heavy atom. The summed E-state index contributed by atoms with van der Waals surface area (Å²) < 4.78 is 2.29. The fraction of sp³-hybridized carbons (Fsp3) is 0. The van der Waals surface area contributed by atoms with E-state index < -0.39 is 0 Å². The summed E-state index contributed by atoms with van der Waals surface area (Å²) in [5.41, 5.74) is 9.05. The van der Waals surface area contributed by atoms with E-state index in [4.69, 9.17) is 9.97 Å². The number of fused-ring (bicyclic) bond motifs is 6. The monoisotopic (exact) mass is 548 g/mol. The highest BCUT2D eigenvalue weighted by Gasteiger charge is 2.20. The van der Waals surface area contributed by atoms with Crippen LogP contribution in [0, 0.1) is 0 Å². The van der Waals surface area contributed by atoms with Gasteiger partial charge in [0.15, 0.2) is 5.82 Å². The van der Waals surface area contributed by atoms with Gasteiger partial charge in [0.2, 0.25) is 0 Å². The van der Waals surface area contributed by atoms with E-state index in [0.717, 1.165) is 61.2 Å². The first-order chi connectivity index (χ1) is 21.3. The summed E-state index contributed by atoms with van der Waals surface area (Å²) in [4.78, 5) is 15.2.